The van der Waals surface area contributed by atoms with E-state index in [1.54, 1.807) is 0 Å². The number of hydrogen-bond acceptors (Lipinski definition) is 3. The first-order chi connectivity index (χ1) is 7.32. The van der Waals surface area contributed by atoms with Crippen LogP contribution in [0.3, 0.4) is 0 Å². The van der Waals surface area contributed by atoms with Crippen molar-refractivity contribution >= 4 is 5.97 Å². The van der Waals surface area contributed by atoms with Crippen molar-refractivity contribution in [2.45, 2.75) is 52.6 Å². The number of carbonyl (C=O) groups excluding carboxylic acids is 1. The van der Waals surface area contributed by atoms with Crippen LogP contribution in [0.2, 0.25) is 0 Å². The standard InChI is InChI=1S/C13H24O3/c1-9(2)11(7-12(14)15)10-5-6-16-13(3,4)8-10/h9-11H,5-8H2,1-4H3,(H,14,15)/p-1/t10-,11+/m1/s1. The lowest BCUT2D eigenvalue weighted by atomic mass is 9.73. The third kappa shape index (κ3) is 3.78. The first kappa shape index (κ1) is 13.5. The van der Waals surface area contributed by atoms with E-state index in [-0.39, 0.29) is 17.9 Å². The average Bonchev–Trinajstić information content (AvgIpc) is 2.11. The van der Waals surface area contributed by atoms with E-state index >= 15 is 0 Å². The Morgan fingerprint density at radius 3 is 2.56 bits per heavy atom. The first-order valence-electron chi connectivity index (χ1n) is 6.15. The smallest absolute Gasteiger partial charge is 0.0629 e. The van der Waals surface area contributed by atoms with Crippen LogP contribution in [0, 0.1) is 17.8 Å². The molecule has 0 aliphatic carbocycles. The van der Waals surface area contributed by atoms with E-state index in [1.807, 2.05) is 0 Å². The van der Waals surface area contributed by atoms with Gasteiger partial charge in [0, 0.05) is 12.6 Å². The largest absolute Gasteiger partial charge is 0.550 e. The number of carboxylic acid groups (broad SMARTS) is 1. The lowest BCUT2D eigenvalue weighted by molar-refractivity contribution is -0.307. The minimum atomic E-state index is -0.928. The number of carboxylic acids is 1. The zero-order valence-electron chi connectivity index (χ0n) is 10.8. The summed E-state index contributed by atoms with van der Waals surface area (Å²) in [6.07, 6.45) is 2.10. The summed E-state index contributed by atoms with van der Waals surface area (Å²) >= 11 is 0. The molecule has 0 aromatic rings. The highest BCUT2D eigenvalue weighted by atomic mass is 16.5. The Hall–Kier alpha value is -0.570. The van der Waals surface area contributed by atoms with E-state index in [4.69, 9.17) is 4.74 Å². The Bertz CT molecular complexity index is 246. The predicted molar refractivity (Wildman–Crippen MR) is 60.7 cm³/mol. The van der Waals surface area contributed by atoms with Gasteiger partial charge in [-0.05, 0) is 50.9 Å². The van der Waals surface area contributed by atoms with Gasteiger partial charge in [-0.2, -0.15) is 0 Å². The molecule has 0 bridgehead atoms. The molecule has 3 nitrogen and oxygen atoms in total. The topological polar surface area (TPSA) is 49.4 Å². The Morgan fingerprint density at radius 1 is 1.50 bits per heavy atom. The summed E-state index contributed by atoms with van der Waals surface area (Å²) in [5, 5.41) is 10.8. The van der Waals surface area contributed by atoms with Gasteiger partial charge in [0.1, 0.15) is 0 Å². The van der Waals surface area contributed by atoms with Gasteiger partial charge in [0.25, 0.3) is 0 Å². The minimum Gasteiger partial charge on any atom is -0.550 e. The van der Waals surface area contributed by atoms with Crippen LogP contribution < -0.4 is 5.11 Å². The van der Waals surface area contributed by atoms with E-state index in [0.29, 0.717) is 11.8 Å². The number of aliphatic carboxylic acids is 1. The van der Waals surface area contributed by atoms with Crippen LogP contribution in [0.15, 0.2) is 0 Å². The highest BCUT2D eigenvalue weighted by molar-refractivity contribution is 5.64. The summed E-state index contributed by atoms with van der Waals surface area (Å²) in [6, 6.07) is 0. The molecule has 1 aliphatic heterocycles. The van der Waals surface area contributed by atoms with Crippen LogP contribution >= 0.6 is 0 Å². The summed E-state index contributed by atoms with van der Waals surface area (Å²) in [5.41, 5.74) is -0.109. The molecule has 1 heterocycles. The van der Waals surface area contributed by atoms with E-state index in [9.17, 15) is 9.90 Å². The molecule has 0 amide bonds. The maximum atomic E-state index is 10.8. The predicted octanol–water partition coefficient (Wildman–Crippen LogP) is 1.60. The molecule has 0 saturated carbocycles. The summed E-state index contributed by atoms with van der Waals surface area (Å²) in [4.78, 5) is 10.8. The van der Waals surface area contributed by atoms with Gasteiger partial charge in [-0.1, -0.05) is 13.8 Å². The maximum Gasteiger partial charge on any atom is 0.0629 e. The van der Waals surface area contributed by atoms with E-state index in [2.05, 4.69) is 27.7 Å². The Kier molecular flexibility index (Phi) is 4.36. The molecule has 3 heteroatoms. The lowest BCUT2D eigenvalue weighted by Crippen LogP contribution is -2.40. The van der Waals surface area contributed by atoms with Crippen molar-refractivity contribution in [1.82, 2.24) is 0 Å². The fraction of sp³-hybridized carbons (Fsp3) is 0.923. The maximum absolute atomic E-state index is 10.8. The molecule has 2 atom stereocenters. The van der Waals surface area contributed by atoms with Gasteiger partial charge in [0.05, 0.1) is 5.60 Å². The number of ether oxygens (including phenoxy) is 1. The molecule has 0 aromatic carbocycles. The fourth-order valence-corrected chi connectivity index (χ4v) is 2.78. The van der Waals surface area contributed by atoms with Gasteiger partial charge < -0.3 is 14.6 Å². The van der Waals surface area contributed by atoms with Gasteiger partial charge in [0.15, 0.2) is 0 Å². The molecular formula is C13H23O3-. The minimum absolute atomic E-state index is 0.109. The van der Waals surface area contributed by atoms with Crippen LogP contribution in [-0.4, -0.2) is 18.2 Å². The molecule has 1 aliphatic rings. The van der Waals surface area contributed by atoms with Crippen molar-refractivity contribution in [3.63, 3.8) is 0 Å². The molecule has 0 radical (unpaired) electrons. The van der Waals surface area contributed by atoms with Gasteiger partial charge in [-0.15, -0.1) is 0 Å². The van der Waals surface area contributed by atoms with Crippen molar-refractivity contribution in [2.75, 3.05) is 6.61 Å². The van der Waals surface area contributed by atoms with Crippen LogP contribution in [0.5, 0.6) is 0 Å². The van der Waals surface area contributed by atoms with E-state index in [0.717, 1.165) is 19.4 Å². The second-order valence-electron chi connectivity index (χ2n) is 5.85. The van der Waals surface area contributed by atoms with Gasteiger partial charge >= 0.3 is 0 Å². The molecule has 16 heavy (non-hydrogen) atoms. The zero-order valence-corrected chi connectivity index (χ0v) is 10.8. The second kappa shape index (κ2) is 5.17. The molecular weight excluding hydrogens is 204 g/mol. The lowest BCUT2D eigenvalue weighted by Gasteiger charge is -2.40. The van der Waals surface area contributed by atoms with E-state index < -0.39 is 5.97 Å². The van der Waals surface area contributed by atoms with Gasteiger partial charge in [0.2, 0.25) is 0 Å². The summed E-state index contributed by atoms with van der Waals surface area (Å²) in [6.45, 7) is 9.09. The highest BCUT2D eigenvalue weighted by Crippen LogP contribution is 2.37. The Balaban J connectivity index is 2.67. The van der Waals surface area contributed by atoms with Crippen molar-refractivity contribution in [3.8, 4) is 0 Å². The Morgan fingerprint density at radius 2 is 2.12 bits per heavy atom. The quantitative estimate of drug-likeness (QED) is 0.733. The molecule has 94 valence electrons. The van der Waals surface area contributed by atoms with Crippen molar-refractivity contribution < 1.29 is 14.6 Å². The van der Waals surface area contributed by atoms with Crippen molar-refractivity contribution in [3.05, 3.63) is 0 Å². The van der Waals surface area contributed by atoms with Crippen LogP contribution in [0.4, 0.5) is 0 Å². The zero-order chi connectivity index (χ0) is 12.3. The summed E-state index contributed by atoms with van der Waals surface area (Å²) in [7, 11) is 0. The number of carbonyl (C=O) groups is 1. The molecule has 0 aromatic heterocycles. The van der Waals surface area contributed by atoms with E-state index in [1.165, 1.54) is 0 Å². The summed E-state index contributed by atoms with van der Waals surface area (Å²) < 4.78 is 5.67. The fourth-order valence-electron chi connectivity index (χ4n) is 2.78. The van der Waals surface area contributed by atoms with Crippen molar-refractivity contribution in [1.29, 1.82) is 0 Å². The monoisotopic (exact) mass is 227 g/mol. The first-order valence-corrected chi connectivity index (χ1v) is 6.15. The summed E-state index contributed by atoms with van der Waals surface area (Å²) in [5.74, 6) is 0.120. The van der Waals surface area contributed by atoms with Gasteiger partial charge in [-0.3, -0.25) is 0 Å². The van der Waals surface area contributed by atoms with Crippen LogP contribution in [-0.2, 0) is 9.53 Å². The molecule has 1 saturated heterocycles. The van der Waals surface area contributed by atoms with Crippen LogP contribution in [0.25, 0.3) is 0 Å². The van der Waals surface area contributed by atoms with Crippen LogP contribution in [0.1, 0.15) is 47.0 Å². The number of hydrogen-bond donors (Lipinski definition) is 0. The normalized spacial score (nSPS) is 26.7. The molecule has 1 rings (SSSR count). The molecule has 1 fully saturated rings. The SMILES string of the molecule is CC(C)[C@H](CC(=O)[O-])[C@@H]1CCOC(C)(C)C1. The average molecular weight is 227 g/mol. The van der Waals surface area contributed by atoms with Gasteiger partial charge in [-0.25, -0.2) is 0 Å². The third-order valence-electron chi connectivity index (χ3n) is 3.60. The second-order valence-corrected chi connectivity index (χ2v) is 5.85. The number of rotatable bonds is 4. The third-order valence-corrected chi connectivity index (χ3v) is 3.60. The van der Waals surface area contributed by atoms with Crippen molar-refractivity contribution in [2.24, 2.45) is 17.8 Å². The molecule has 0 spiro atoms. The Labute approximate surface area is 98.2 Å². The molecule has 0 unspecified atom stereocenters. The molecule has 0 N–H and O–H groups in total. The highest BCUT2D eigenvalue weighted by Gasteiger charge is 2.34.